The normalized spacial score (nSPS) is 29.4. The van der Waals surface area contributed by atoms with Crippen molar-refractivity contribution in [2.24, 2.45) is 5.92 Å². The third-order valence-electron chi connectivity index (χ3n) is 1.97. The lowest BCUT2D eigenvalue weighted by Gasteiger charge is -2.10. The van der Waals surface area contributed by atoms with Crippen molar-refractivity contribution in [1.82, 2.24) is 4.31 Å². The average Bonchev–Trinajstić information content (AvgIpc) is 2.60. The van der Waals surface area contributed by atoms with Gasteiger partial charge in [0.1, 0.15) is 0 Å². The third kappa shape index (κ3) is 1.80. The second kappa shape index (κ2) is 2.84. The molecule has 2 atom stereocenters. The van der Waals surface area contributed by atoms with Gasteiger partial charge in [0.25, 0.3) is 0 Å². The molecule has 1 heterocycles. The molecule has 0 aliphatic carbocycles. The van der Waals surface area contributed by atoms with Crippen LogP contribution in [0.5, 0.6) is 0 Å². The molecule has 0 aromatic heterocycles. The zero-order chi connectivity index (χ0) is 10.4. The van der Waals surface area contributed by atoms with Crippen molar-refractivity contribution < 1.29 is 21.6 Å². The van der Waals surface area contributed by atoms with Gasteiger partial charge in [0.15, 0.2) is 0 Å². The predicted octanol–water partition coefficient (Wildman–Crippen LogP) is 1.18. The molecule has 0 N–H and O–H groups in total. The van der Waals surface area contributed by atoms with E-state index in [4.69, 9.17) is 0 Å². The van der Waals surface area contributed by atoms with E-state index in [1.807, 2.05) is 0 Å². The van der Waals surface area contributed by atoms with Crippen LogP contribution >= 0.6 is 0 Å². The fourth-order valence-electron chi connectivity index (χ4n) is 1.09. The monoisotopic (exact) mass is 217 g/mol. The summed E-state index contributed by atoms with van der Waals surface area (Å²) < 4.78 is 57.7. The number of hydrogen-bond donors (Lipinski definition) is 0. The van der Waals surface area contributed by atoms with Crippen molar-refractivity contribution in [2.45, 2.75) is 25.4 Å². The van der Waals surface area contributed by atoms with E-state index >= 15 is 0 Å². The molecule has 13 heavy (non-hydrogen) atoms. The Morgan fingerprint density at radius 1 is 1.38 bits per heavy atom. The van der Waals surface area contributed by atoms with Crippen molar-refractivity contribution in [3.05, 3.63) is 0 Å². The molecule has 0 spiro atoms. The average molecular weight is 217 g/mol. The summed E-state index contributed by atoms with van der Waals surface area (Å²) in [6.07, 6.45) is 0. The lowest BCUT2D eigenvalue weighted by molar-refractivity contribution is -0.0468. The second-order valence-corrected chi connectivity index (χ2v) is 5.21. The fraction of sp³-hybridized carbons (Fsp3) is 1.00. The van der Waals surface area contributed by atoms with Gasteiger partial charge in [-0.1, -0.05) is 13.8 Å². The number of rotatable bonds is 2. The van der Waals surface area contributed by atoms with Crippen LogP contribution in [0, 0.1) is 5.92 Å². The van der Waals surface area contributed by atoms with Crippen LogP contribution < -0.4 is 0 Å². The van der Waals surface area contributed by atoms with Crippen LogP contribution in [-0.2, 0) is 10.0 Å². The maximum atomic E-state index is 11.9. The van der Waals surface area contributed by atoms with Gasteiger partial charge in [0.2, 0.25) is 0 Å². The lowest BCUT2D eigenvalue weighted by atomic mass is 10.1. The van der Waals surface area contributed by atoms with E-state index in [0.29, 0.717) is 4.31 Å². The van der Waals surface area contributed by atoms with Crippen molar-refractivity contribution >= 4 is 10.0 Å². The standard InChI is InChI=1S/C6H10F3NO2S/c1-4(2)5-3-10(5)13(11,12)6(7,8)9/h4-5H,3H2,1-2H3/t5-,10?/m1/s1. The Morgan fingerprint density at radius 2 is 1.85 bits per heavy atom. The molecule has 0 amide bonds. The van der Waals surface area contributed by atoms with Gasteiger partial charge in [0, 0.05) is 12.6 Å². The van der Waals surface area contributed by atoms with E-state index in [2.05, 4.69) is 0 Å². The van der Waals surface area contributed by atoms with Gasteiger partial charge >= 0.3 is 15.5 Å². The Hall–Kier alpha value is -0.300. The molecule has 1 rings (SSSR count). The smallest absolute Gasteiger partial charge is 0.203 e. The molecular formula is C6H10F3NO2S. The van der Waals surface area contributed by atoms with Crippen LogP contribution in [0.1, 0.15) is 13.8 Å². The predicted molar refractivity (Wildman–Crippen MR) is 40.3 cm³/mol. The van der Waals surface area contributed by atoms with Gasteiger partial charge in [-0.2, -0.15) is 17.5 Å². The number of alkyl halides is 3. The van der Waals surface area contributed by atoms with Crippen LogP contribution in [0.15, 0.2) is 0 Å². The maximum absolute atomic E-state index is 11.9. The first kappa shape index (κ1) is 10.8. The van der Waals surface area contributed by atoms with Crippen LogP contribution in [0.25, 0.3) is 0 Å². The zero-order valence-electron chi connectivity index (χ0n) is 7.17. The van der Waals surface area contributed by atoms with Gasteiger partial charge in [-0.15, -0.1) is 0 Å². The van der Waals surface area contributed by atoms with Crippen LogP contribution in [0.3, 0.4) is 0 Å². The molecule has 0 aromatic rings. The first-order valence-corrected chi connectivity index (χ1v) is 5.20. The SMILES string of the molecule is CC(C)[C@H]1CN1S(=O)(=O)C(F)(F)F. The quantitative estimate of drug-likeness (QED) is 0.651. The summed E-state index contributed by atoms with van der Waals surface area (Å²) in [5, 5.41) is 0. The zero-order valence-corrected chi connectivity index (χ0v) is 7.98. The van der Waals surface area contributed by atoms with Crippen LogP contribution in [0.2, 0.25) is 0 Å². The van der Waals surface area contributed by atoms with Gasteiger partial charge < -0.3 is 0 Å². The second-order valence-electron chi connectivity index (χ2n) is 3.33. The van der Waals surface area contributed by atoms with Crippen molar-refractivity contribution in [1.29, 1.82) is 0 Å². The Bertz CT molecular complexity index is 295. The van der Waals surface area contributed by atoms with E-state index in [1.54, 1.807) is 13.8 Å². The van der Waals surface area contributed by atoms with E-state index in [1.165, 1.54) is 0 Å². The largest absolute Gasteiger partial charge is 0.511 e. The van der Waals surface area contributed by atoms with E-state index in [0.717, 1.165) is 0 Å². The lowest BCUT2D eigenvalue weighted by Crippen LogP contribution is -2.31. The molecule has 3 nitrogen and oxygen atoms in total. The summed E-state index contributed by atoms with van der Waals surface area (Å²) in [4.78, 5) is 0. The summed E-state index contributed by atoms with van der Waals surface area (Å²) in [6.45, 7) is 3.37. The molecule has 1 fully saturated rings. The van der Waals surface area contributed by atoms with Gasteiger partial charge in [-0.3, -0.25) is 0 Å². The first-order chi connectivity index (χ1) is 5.68. The Balaban J connectivity index is 2.77. The highest BCUT2D eigenvalue weighted by Gasteiger charge is 2.58. The van der Waals surface area contributed by atoms with Crippen LogP contribution in [-0.4, -0.2) is 30.8 Å². The number of nitrogens with zero attached hydrogens (tertiary/aromatic N) is 1. The minimum absolute atomic E-state index is 0.0144. The highest BCUT2D eigenvalue weighted by Crippen LogP contribution is 2.37. The summed E-state index contributed by atoms with van der Waals surface area (Å²) in [5.41, 5.74) is -5.16. The Kier molecular flexibility index (Phi) is 2.36. The number of sulfonamides is 1. The third-order valence-corrected chi connectivity index (χ3v) is 3.60. The highest BCUT2D eigenvalue weighted by atomic mass is 32.2. The Labute approximate surface area is 74.6 Å². The number of hydrogen-bond acceptors (Lipinski definition) is 2. The highest BCUT2D eigenvalue weighted by molar-refractivity contribution is 7.90. The van der Waals surface area contributed by atoms with Gasteiger partial charge in [-0.05, 0) is 5.92 Å². The summed E-state index contributed by atoms with van der Waals surface area (Å²) in [5.74, 6) is -0.0721. The van der Waals surface area contributed by atoms with Crippen molar-refractivity contribution in [2.75, 3.05) is 6.54 Å². The van der Waals surface area contributed by atoms with E-state index in [-0.39, 0.29) is 12.5 Å². The molecule has 0 bridgehead atoms. The molecule has 1 aliphatic rings. The maximum Gasteiger partial charge on any atom is 0.511 e. The van der Waals surface area contributed by atoms with E-state index < -0.39 is 21.6 Å². The minimum atomic E-state index is -5.16. The molecule has 78 valence electrons. The Morgan fingerprint density at radius 3 is 2.08 bits per heavy atom. The summed E-state index contributed by atoms with van der Waals surface area (Å²) in [7, 11) is -5.06. The van der Waals surface area contributed by atoms with Gasteiger partial charge in [-0.25, -0.2) is 8.42 Å². The van der Waals surface area contributed by atoms with Crippen molar-refractivity contribution in [3.63, 3.8) is 0 Å². The molecule has 1 aliphatic heterocycles. The summed E-state index contributed by atoms with van der Waals surface area (Å²) >= 11 is 0. The molecule has 0 saturated carbocycles. The number of halogens is 3. The molecular weight excluding hydrogens is 207 g/mol. The minimum Gasteiger partial charge on any atom is -0.203 e. The topological polar surface area (TPSA) is 37.1 Å². The summed E-state index contributed by atoms with van der Waals surface area (Å²) in [6, 6.07) is -0.480. The molecule has 1 saturated heterocycles. The van der Waals surface area contributed by atoms with Gasteiger partial charge in [0.05, 0.1) is 0 Å². The van der Waals surface area contributed by atoms with E-state index in [9.17, 15) is 21.6 Å². The van der Waals surface area contributed by atoms with Crippen LogP contribution in [0.4, 0.5) is 13.2 Å². The molecule has 0 radical (unpaired) electrons. The molecule has 1 unspecified atom stereocenters. The fourth-order valence-corrected chi connectivity index (χ4v) is 2.30. The first-order valence-electron chi connectivity index (χ1n) is 3.76. The van der Waals surface area contributed by atoms with Crippen molar-refractivity contribution in [3.8, 4) is 0 Å². The molecule has 7 heteroatoms. The molecule has 0 aromatic carbocycles.